The Morgan fingerprint density at radius 3 is 2.90 bits per heavy atom. The van der Waals surface area contributed by atoms with Gasteiger partial charge in [-0.2, -0.15) is 4.39 Å². The van der Waals surface area contributed by atoms with Gasteiger partial charge in [0, 0.05) is 18.8 Å². The maximum atomic E-state index is 12.9. The first-order valence-electron chi connectivity index (χ1n) is 6.19. The minimum absolute atomic E-state index is 0.0341. The van der Waals surface area contributed by atoms with E-state index in [0.29, 0.717) is 24.0 Å². The predicted molar refractivity (Wildman–Crippen MR) is 77.3 cm³/mol. The number of rotatable bonds is 5. The number of nitrogens with one attached hydrogen (secondary N) is 1. The lowest BCUT2D eigenvalue weighted by molar-refractivity contribution is -0.116. The second-order valence-corrected chi connectivity index (χ2v) is 4.92. The molecule has 5 nitrogen and oxygen atoms in total. The van der Waals surface area contributed by atoms with E-state index < -0.39 is 5.95 Å². The van der Waals surface area contributed by atoms with Crippen LogP contribution in [0.2, 0.25) is 0 Å². The third kappa shape index (κ3) is 3.51. The van der Waals surface area contributed by atoms with Gasteiger partial charge in [0.15, 0.2) is 5.13 Å². The maximum Gasteiger partial charge on any atom is 0.225 e. The molecule has 7 heteroatoms. The number of carbonyl (C=O) groups is 1. The van der Waals surface area contributed by atoms with Gasteiger partial charge in [-0.1, -0.05) is 6.07 Å². The summed E-state index contributed by atoms with van der Waals surface area (Å²) in [5.41, 5.74) is 0.788. The van der Waals surface area contributed by atoms with E-state index in [4.69, 9.17) is 0 Å². The summed E-state index contributed by atoms with van der Waals surface area (Å²) in [4.78, 5) is 21.1. The van der Waals surface area contributed by atoms with E-state index in [0.717, 1.165) is 5.69 Å². The topological polar surface area (TPSA) is 58.1 Å². The van der Waals surface area contributed by atoms with Gasteiger partial charge in [0.1, 0.15) is 5.82 Å². The molecular weight excluding hydrogens is 279 g/mol. The fraction of sp³-hybridized carbons (Fsp3) is 0.308. The zero-order chi connectivity index (χ0) is 14.5. The summed E-state index contributed by atoms with van der Waals surface area (Å²) in [7, 11) is 0. The highest BCUT2D eigenvalue weighted by atomic mass is 32.1. The first-order valence-corrected chi connectivity index (χ1v) is 7.07. The van der Waals surface area contributed by atoms with Crippen LogP contribution in [0.3, 0.4) is 0 Å². The number of aromatic nitrogens is 2. The summed E-state index contributed by atoms with van der Waals surface area (Å²) in [5.74, 6) is -0.102. The minimum Gasteiger partial charge on any atom is -0.364 e. The number of anilines is 2. The number of amides is 1. The van der Waals surface area contributed by atoms with Crippen LogP contribution < -0.4 is 10.2 Å². The highest BCUT2D eigenvalue weighted by Crippen LogP contribution is 2.21. The van der Waals surface area contributed by atoms with Crippen LogP contribution in [0.5, 0.6) is 0 Å². The molecule has 0 saturated heterocycles. The molecule has 2 rings (SSSR count). The first-order chi connectivity index (χ1) is 9.60. The third-order valence-electron chi connectivity index (χ3n) is 2.63. The molecular formula is C13H15FN4OS. The molecule has 0 unspecified atom stereocenters. The summed E-state index contributed by atoms with van der Waals surface area (Å²) in [6, 6.07) is 4.56. The number of nitrogens with zero attached hydrogens (tertiary/aromatic N) is 3. The normalized spacial score (nSPS) is 10.3. The van der Waals surface area contributed by atoms with Crippen molar-refractivity contribution in [2.24, 2.45) is 0 Å². The number of hydrogen-bond donors (Lipinski definition) is 1. The molecule has 2 heterocycles. The Morgan fingerprint density at radius 2 is 2.25 bits per heavy atom. The van der Waals surface area contributed by atoms with Gasteiger partial charge in [-0.05, 0) is 19.1 Å². The van der Waals surface area contributed by atoms with E-state index in [1.165, 1.54) is 24.3 Å². The maximum absolute atomic E-state index is 12.9. The van der Waals surface area contributed by atoms with Crippen LogP contribution in [0.15, 0.2) is 23.6 Å². The summed E-state index contributed by atoms with van der Waals surface area (Å²) in [6.07, 6.45) is 0. The average Bonchev–Trinajstić information content (AvgIpc) is 2.85. The number of thiazole rings is 1. The van der Waals surface area contributed by atoms with E-state index in [1.54, 1.807) is 17.0 Å². The van der Waals surface area contributed by atoms with E-state index in [1.807, 2.05) is 12.3 Å². The van der Waals surface area contributed by atoms with E-state index >= 15 is 0 Å². The van der Waals surface area contributed by atoms with Crippen molar-refractivity contribution in [1.29, 1.82) is 0 Å². The Hall–Kier alpha value is -2.02. The van der Waals surface area contributed by atoms with Crippen LogP contribution in [0, 0.1) is 5.95 Å². The van der Waals surface area contributed by atoms with Crippen LogP contribution >= 0.6 is 11.3 Å². The largest absolute Gasteiger partial charge is 0.364 e. The van der Waals surface area contributed by atoms with Gasteiger partial charge < -0.3 is 5.32 Å². The van der Waals surface area contributed by atoms with Crippen molar-refractivity contribution in [3.63, 3.8) is 0 Å². The van der Waals surface area contributed by atoms with E-state index in [-0.39, 0.29) is 5.91 Å². The zero-order valence-electron chi connectivity index (χ0n) is 11.3. The molecule has 0 aromatic carbocycles. The second kappa shape index (κ2) is 6.42. The Labute approximate surface area is 120 Å². The fourth-order valence-corrected chi connectivity index (χ4v) is 2.61. The van der Waals surface area contributed by atoms with E-state index in [9.17, 15) is 9.18 Å². The van der Waals surface area contributed by atoms with Crippen LogP contribution in [-0.4, -0.2) is 22.4 Å². The summed E-state index contributed by atoms with van der Waals surface area (Å²) >= 11 is 1.41. The highest BCUT2D eigenvalue weighted by Gasteiger charge is 2.13. The van der Waals surface area contributed by atoms with Crippen molar-refractivity contribution in [2.45, 2.75) is 20.4 Å². The van der Waals surface area contributed by atoms with Gasteiger partial charge in [-0.15, -0.1) is 11.3 Å². The monoisotopic (exact) mass is 294 g/mol. The molecule has 1 N–H and O–H groups in total. The first kappa shape index (κ1) is 14.4. The van der Waals surface area contributed by atoms with Gasteiger partial charge >= 0.3 is 0 Å². The second-order valence-electron chi connectivity index (χ2n) is 4.08. The molecule has 0 aliphatic carbocycles. The molecule has 0 bridgehead atoms. The van der Waals surface area contributed by atoms with Crippen LogP contribution in [-0.2, 0) is 11.3 Å². The lowest BCUT2D eigenvalue weighted by Crippen LogP contribution is -2.27. The van der Waals surface area contributed by atoms with Gasteiger partial charge in [-0.25, -0.2) is 9.97 Å². The molecule has 0 radical (unpaired) electrons. The molecule has 0 fully saturated rings. The van der Waals surface area contributed by atoms with Crippen LogP contribution in [0.25, 0.3) is 0 Å². The fourth-order valence-electron chi connectivity index (χ4n) is 1.68. The van der Waals surface area contributed by atoms with Gasteiger partial charge in [0.25, 0.3) is 0 Å². The van der Waals surface area contributed by atoms with Crippen molar-refractivity contribution < 1.29 is 9.18 Å². The number of halogens is 1. The molecule has 0 aliphatic heterocycles. The Kier molecular flexibility index (Phi) is 4.62. The van der Waals surface area contributed by atoms with Crippen molar-refractivity contribution in [1.82, 2.24) is 9.97 Å². The predicted octanol–water partition coefficient (Wildman–Crippen LogP) is 2.66. The molecule has 1 amide bonds. The smallest absolute Gasteiger partial charge is 0.225 e. The van der Waals surface area contributed by atoms with Crippen molar-refractivity contribution in [3.05, 3.63) is 35.2 Å². The molecule has 0 saturated carbocycles. The van der Waals surface area contributed by atoms with Crippen molar-refractivity contribution in [2.75, 3.05) is 16.8 Å². The molecule has 20 heavy (non-hydrogen) atoms. The molecule has 0 spiro atoms. The van der Waals surface area contributed by atoms with Gasteiger partial charge in [-0.3, -0.25) is 9.69 Å². The zero-order valence-corrected chi connectivity index (χ0v) is 12.1. The van der Waals surface area contributed by atoms with E-state index in [2.05, 4.69) is 15.3 Å². The SMILES string of the molecule is CCN(C(C)=O)c1nc(CNc2cccc(F)n2)cs1. The molecule has 0 atom stereocenters. The van der Waals surface area contributed by atoms with Crippen LogP contribution in [0.4, 0.5) is 15.3 Å². The lowest BCUT2D eigenvalue weighted by atomic mass is 10.4. The van der Waals surface area contributed by atoms with Crippen molar-refractivity contribution >= 4 is 28.2 Å². The lowest BCUT2D eigenvalue weighted by Gasteiger charge is -2.14. The van der Waals surface area contributed by atoms with Crippen molar-refractivity contribution in [3.8, 4) is 0 Å². The number of pyridine rings is 1. The number of carbonyl (C=O) groups excluding carboxylic acids is 1. The summed E-state index contributed by atoms with van der Waals surface area (Å²) < 4.78 is 12.9. The number of hydrogen-bond acceptors (Lipinski definition) is 5. The minimum atomic E-state index is -0.525. The standard InChI is InChI=1S/C13H15FN4OS/c1-3-18(9(2)19)13-16-10(8-20-13)7-15-12-6-4-5-11(14)17-12/h4-6,8H,3,7H2,1-2H3,(H,15,17). The molecule has 106 valence electrons. The van der Waals surface area contributed by atoms with Gasteiger partial charge in [0.05, 0.1) is 12.2 Å². The summed E-state index contributed by atoms with van der Waals surface area (Å²) in [6.45, 7) is 4.43. The highest BCUT2D eigenvalue weighted by molar-refractivity contribution is 7.14. The molecule has 2 aromatic heterocycles. The Bertz CT molecular complexity index is 602. The summed E-state index contributed by atoms with van der Waals surface area (Å²) in [5, 5.41) is 5.53. The molecule has 2 aromatic rings. The van der Waals surface area contributed by atoms with Gasteiger partial charge in [0.2, 0.25) is 11.9 Å². The average molecular weight is 294 g/mol. The third-order valence-corrected chi connectivity index (χ3v) is 3.55. The quantitative estimate of drug-likeness (QED) is 0.861. The van der Waals surface area contributed by atoms with Crippen LogP contribution in [0.1, 0.15) is 19.5 Å². The Balaban J connectivity index is 2.01. The Morgan fingerprint density at radius 1 is 1.45 bits per heavy atom. The molecule has 0 aliphatic rings.